The van der Waals surface area contributed by atoms with Crippen LogP contribution >= 0.6 is 0 Å². The van der Waals surface area contributed by atoms with Gasteiger partial charge in [-0.25, -0.2) is 5.32 Å². The van der Waals surface area contributed by atoms with Crippen molar-refractivity contribution in [2.75, 3.05) is 13.2 Å². The summed E-state index contributed by atoms with van der Waals surface area (Å²) >= 11 is 0. The van der Waals surface area contributed by atoms with E-state index in [9.17, 15) is 0 Å². The molecule has 2 nitrogen and oxygen atoms in total. The van der Waals surface area contributed by atoms with Gasteiger partial charge in [0.25, 0.3) is 0 Å². The van der Waals surface area contributed by atoms with Crippen molar-refractivity contribution in [1.29, 1.82) is 0 Å². The minimum atomic E-state index is 0.130. The summed E-state index contributed by atoms with van der Waals surface area (Å²) in [6.07, 6.45) is 0. The molecule has 2 heteroatoms. The molecule has 1 unspecified atom stereocenters. The van der Waals surface area contributed by atoms with Gasteiger partial charge in [-0.3, -0.25) is 0 Å². The van der Waals surface area contributed by atoms with Crippen LogP contribution in [0.2, 0.25) is 0 Å². The summed E-state index contributed by atoms with van der Waals surface area (Å²) in [6, 6.07) is 0.130. The monoisotopic (exact) mass is 102 g/mol. The topological polar surface area (TPSA) is 34.3 Å². The van der Waals surface area contributed by atoms with Crippen LogP contribution in [0.25, 0.3) is 0 Å². The number of hydrogen-bond donors (Lipinski definition) is 1. The van der Waals surface area contributed by atoms with Gasteiger partial charge in [-0.15, -0.1) is 0 Å². The minimum Gasteiger partial charge on any atom is -0.395 e. The van der Waals surface area contributed by atoms with Crippen LogP contribution in [0.3, 0.4) is 0 Å². The van der Waals surface area contributed by atoms with Crippen LogP contribution in [-0.2, 0) is 0 Å². The van der Waals surface area contributed by atoms with E-state index in [1.807, 2.05) is 13.8 Å². The maximum Gasteiger partial charge on any atom is 0.0598 e. The summed E-state index contributed by atoms with van der Waals surface area (Å²) in [5.74, 6) is 0. The minimum absolute atomic E-state index is 0.130. The van der Waals surface area contributed by atoms with Crippen molar-refractivity contribution in [2.45, 2.75) is 19.9 Å². The van der Waals surface area contributed by atoms with Crippen LogP contribution in [0.5, 0.6) is 0 Å². The maximum absolute atomic E-state index is 8.37. The molecule has 0 heterocycles. The Hall–Kier alpha value is -0.0800. The molecule has 0 aromatic carbocycles. The van der Waals surface area contributed by atoms with E-state index in [4.69, 9.17) is 5.11 Å². The third-order valence-corrected chi connectivity index (χ3v) is 0.758. The van der Waals surface area contributed by atoms with E-state index in [1.165, 1.54) is 0 Å². The number of nitrogens with zero attached hydrogens (tertiary/aromatic N) is 1. The standard InChI is InChI=1S/C5H12NO/c1-3-6-5(2)4-7/h5,7H,3-4H2,1-2H3. The van der Waals surface area contributed by atoms with E-state index in [0.29, 0.717) is 0 Å². The molecule has 1 N–H and O–H groups in total. The lowest BCUT2D eigenvalue weighted by Gasteiger charge is -2.02. The van der Waals surface area contributed by atoms with Crippen molar-refractivity contribution in [1.82, 2.24) is 5.32 Å². The SMILES string of the molecule is CC[N]C(C)CO. The summed E-state index contributed by atoms with van der Waals surface area (Å²) < 4.78 is 0. The normalized spacial score (nSPS) is 14.1. The first-order chi connectivity index (χ1) is 3.31. The van der Waals surface area contributed by atoms with Crippen LogP contribution in [0.4, 0.5) is 0 Å². The first-order valence-electron chi connectivity index (χ1n) is 2.58. The molecule has 0 bridgehead atoms. The Labute approximate surface area is 44.5 Å². The second-order valence-corrected chi connectivity index (χ2v) is 1.53. The lowest BCUT2D eigenvalue weighted by atomic mass is 10.4. The van der Waals surface area contributed by atoms with Crippen LogP contribution in [0.15, 0.2) is 0 Å². The summed E-state index contributed by atoms with van der Waals surface area (Å²) in [4.78, 5) is 0. The Kier molecular flexibility index (Phi) is 4.04. The van der Waals surface area contributed by atoms with Crippen molar-refractivity contribution in [3.05, 3.63) is 0 Å². The van der Waals surface area contributed by atoms with Crippen molar-refractivity contribution in [2.24, 2.45) is 0 Å². The van der Waals surface area contributed by atoms with Gasteiger partial charge in [0.1, 0.15) is 0 Å². The average Bonchev–Trinajstić information content (AvgIpc) is 1.68. The Bertz CT molecular complexity index is 39.1. The summed E-state index contributed by atoms with van der Waals surface area (Å²) in [6.45, 7) is 4.84. The average molecular weight is 102 g/mol. The largest absolute Gasteiger partial charge is 0.395 e. The van der Waals surface area contributed by atoms with Crippen molar-refractivity contribution < 1.29 is 5.11 Å². The fourth-order valence-electron chi connectivity index (χ4n) is 0.369. The second kappa shape index (κ2) is 4.09. The molecule has 0 aliphatic carbocycles. The molecule has 0 aromatic heterocycles. The van der Waals surface area contributed by atoms with Crippen molar-refractivity contribution >= 4 is 0 Å². The molecule has 0 aromatic rings. The highest BCUT2D eigenvalue weighted by molar-refractivity contribution is 4.52. The zero-order valence-electron chi connectivity index (χ0n) is 4.89. The molecule has 0 spiro atoms. The third kappa shape index (κ3) is 3.76. The number of aliphatic hydroxyl groups excluding tert-OH is 1. The Morgan fingerprint density at radius 1 is 1.71 bits per heavy atom. The lowest BCUT2D eigenvalue weighted by Crippen LogP contribution is -2.21. The highest BCUT2D eigenvalue weighted by Crippen LogP contribution is 1.76. The molecule has 7 heavy (non-hydrogen) atoms. The van der Waals surface area contributed by atoms with E-state index < -0.39 is 0 Å². The molecule has 1 radical (unpaired) electrons. The first kappa shape index (κ1) is 6.92. The van der Waals surface area contributed by atoms with E-state index in [-0.39, 0.29) is 12.6 Å². The quantitative estimate of drug-likeness (QED) is 0.534. The highest BCUT2D eigenvalue weighted by atomic mass is 16.3. The summed E-state index contributed by atoms with van der Waals surface area (Å²) in [5, 5.41) is 12.4. The Morgan fingerprint density at radius 3 is 2.43 bits per heavy atom. The van der Waals surface area contributed by atoms with Crippen LogP contribution in [0, 0.1) is 0 Å². The molecule has 0 aliphatic rings. The second-order valence-electron chi connectivity index (χ2n) is 1.53. The third-order valence-electron chi connectivity index (χ3n) is 0.758. The van der Waals surface area contributed by atoms with Gasteiger partial charge < -0.3 is 5.11 Å². The van der Waals surface area contributed by atoms with Gasteiger partial charge in [-0.2, -0.15) is 0 Å². The molecular weight excluding hydrogens is 90.1 g/mol. The van der Waals surface area contributed by atoms with Crippen LogP contribution in [0.1, 0.15) is 13.8 Å². The van der Waals surface area contributed by atoms with E-state index in [1.54, 1.807) is 0 Å². The van der Waals surface area contributed by atoms with Gasteiger partial charge in [0, 0.05) is 12.6 Å². The summed E-state index contributed by atoms with van der Waals surface area (Å²) in [5.41, 5.74) is 0. The molecule has 0 amide bonds. The Morgan fingerprint density at radius 2 is 2.29 bits per heavy atom. The number of hydrogen-bond acceptors (Lipinski definition) is 1. The fraction of sp³-hybridized carbons (Fsp3) is 1.00. The van der Waals surface area contributed by atoms with Gasteiger partial charge in [0.15, 0.2) is 0 Å². The van der Waals surface area contributed by atoms with Crippen LogP contribution < -0.4 is 5.32 Å². The van der Waals surface area contributed by atoms with Gasteiger partial charge in [0.05, 0.1) is 6.61 Å². The number of aliphatic hydroxyl groups is 1. The zero-order chi connectivity index (χ0) is 5.70. The predicted molar refractivity (Wildman–Crippen MR) is 29.2 cm³/mol. The molecule has 1 atom stereocenters. The number of likely N-dealkylation sites (N-methyl/N-ethyl adjacent to an activating group) is 1. The van der Waals surface area contributed by atoms with E-state index in [0.717, 1.165) is 6.54 Å². The zero-order valence-corrected chi connectivity index (χ0v) is 4.89. The summed E-state index contributed by atoms with van der Waals surface area (Å²) in [7, 11) is 0. The van der Waals surface area contributed by atoms with Gasteiger partial charge >= 0.3 is 0 Å². The lowest BCUT2D eigenvalue weighted by molar-refractivity contribution is 0.251. The van der Waals surface area contributed by atoms with Gasteiger partial charge in [-0.1, -0.05) is 6.92 Å². The van der Waals surface area contributed by atoms with E-state index >= 15 is 0 Å². The van der Waals surface area contributed by atoms with Crippen molar-refractivity contribution in [3.63, 3.8) is 0 Å². The maximum atomic E-state index is 8.37. The molecule has 43 valence electrons. The smallest absolute Gasteiger partial charge is 0.0598 e. The van der Waals surface area contributed by atoms with Gasteiger partial charge in [-0.05, 0) is 6.92 Å². The first-order valence-corrected chi connectivity index (χ1v) is 2.58. The molecule has 0 saturated carbocycles. The predicted octanol–water partition coefficient (Wildman–Crippen LogP) is -0.00850. The van der Waals surface area contributed by atoms with Gasteiger partial charge in [0.2, 0.25) is 0 Å². The van der Waals surface area contributed by atoms with Crippen molar-refractivity contribution in [3.8, 4) is 0 Å². The van der Waals surface area contributed by atoms with E-state index in [2.05, 4.69) is 5.32 Å². The molecule has 0 fully saturated rings. The molecule has 0 aliphatic heterocycles. The number of rotatable bonds is 3. The molecule has 0 rings (SSSR count). The molecular formula is C5H12NO. The fourth-order valence-corrected chi connectivity index (χ4v) is 0.369. The molecule has 0 saturated heterocycles. The highest BCUT2D eigenvalue weighted by Gasteiger charge is 1.93. The van der Waals surface area contributed by atoms with Crippen LogP contribution in [-0.4, -0.2) is 24.3 Å². The Balaban J connectivity index is 2.83.